The lowest BCUT2D eigenvalue weighted by molar-refractivity contribution is 0.402. The van der Waals surface area contributed by atoms with Crippen molar-refractivity contribution in [2.24, 2.45) is 11.7 Å². The van der Waals surface area contributed by atoms with Crippen molar-refractivity contribution < 1.29 is 13.9 Å². The Hall–Kier alpha value is -3.79. The van der Waals surface area contributed by atoms with Crippen LogP contribution in [-0.4, -0.2) is 44.9 Å². The molecule has 33 heavy (non-hydrogen) atoms. The van der Waals surface area contributed by atoms with Crippen LogP contribution in [0.3, 0.4) is 0 Å². The van der Waals surface area contributed by atoms with Gasteiger partial charge in [0.2, 0.25) is 5.95 Å². The van der Waals surface area contributed by atoms with Gasteiger partial charge in [-0.05, 0) is 30.6 Å². The van der Waals surface area contributed by atoms with E-state index in [1.54, 1.807) is 12.4 Å². The van der Waals surface area contributed by atoms with Crippen LogP contribution in [0.5, 0.6) is 5.75 Å². The number of phenolic OH excluding ortho intramolecular Hbond substituents is 1. The molecule has 0 spiro atoms. The van der Waals surface area contributed by atoms with Crippen LogP contribution in [0.25, 0.3) is 6.08 Å². The molecule has 6 N–H and O–H groups in total. The Bertz CT molecular complexity index is 1160. The van der Waals surface area contributed by atoms with Crippen LogP contribution in [0.2, 0.25) is 0 Å². The Labute approximate surface area is 189 Å². The van der Waals surface area contributed by atoms with E-state index in [1.165, 1.54) is 18.3 Å². The SMILES string of the molecule is CC1CC(N)CN(c2ccncc2Nc2ncc(/C=C\C(=N)c3c(F)cc(O)cc3F)[nH]2)C1. The molecule has 2 atom stereocenters. The summed E-state index contributed by atoms with van der Waals surface area (Å²) in [7, 11) is 0. The third-order valence-corrected chi connectivity index (χ3v) is 5.41. The molecule has 1 aromatic carbocycles. The van der Waals surface area contributed by atoms with Gasteiger partial charge in [0.05, 0.1) is 40.7 Å². The highest BCUT2D eigenvalue weighted by Gasteiger charge is 2.24. The maximum atomic E-state index is 14.0. The topological polar surface area (TPSA) is 127 Å². The lowest BCUT2D eigenvalue weighted by Crippen LogP contribution is -2.46. The Morgan fingerprint density at radius 2 is 2.06 bits per heavy atom. The van der Waals surface area contributed by atoms with Crippen LogP contribution >= 0.6 is 0 Å². The van der Waals surface area contributed by atoms with Crippen molar-refractivity contribution in [2.75, 3.05) is 23.3 Å². The second-order valence-corrected chi connectivity index (χ2v) is 8.24. The summed E-state index contributed by atoms with van der Waals surface area (Å²) in [6, 6.07) is 3.56. The number of rotatable bonds is 6. The number of piperidine rings is 1. The summed E-state index contributed by atoms with van der Waals surface area (Å²) in [6.07, 6.45) is 8.71. The van der Waals surface area contributed by atoms with E-state index in [9.17, 15) is 13.9 Å². The predicted octanol–water partition coefficient (Wildman–Crippen LogP) is 3.79. The fourth-order valence-corrected chi connectivity index (χ4v) is 4.04. The zero-order valence-electron chi connectivity index (χ0n) is 18.0. The first-order valence-corrected chi connectivity index (χ1v) is 10.5. The van der Waals surface area contributed by atoms with Gasteiger partial charge in [-0.3, -0.25) is 4.98 Å². The van der Waals surface area contributed by atoms with Crippen molar-refractivity contribution >= 4 is 29.1 Å². The van der Waals surface area contributed by atoms with Crippen molar-refractivity contribution in [3.63, 3.8) is 0 Å². The number of hydrogen-bond donors (Lipinski definition) is 5. The van der Waals surface area contributed by atoms with Gasteiger partial charge in [0.1, 0.15) is 17.4 Å². The smallest absolute Gasteiger partial charge is 0.205 e. The van der Waals surface area contributed by atoms with E-state index < -0.39 is 22.9 Å². The number of phenols is 1. The number of benzene rings is 1. The van der Waals surface area contributed by atoms with Crippen molar-refractivity contribution in [1.29, 1.82) is 5.41 Å². The van der Waals surface area contributed by atoms with E-state index in [4.69, 9.17) is 11.1 Å². The number of aromatic hydroxyl groups is 1. The molecule has 0 saturated carbocycles. The van der Waals surface area contributed by atoms with Crippen molar-refractivity contribution in [3.05, 3.63) is 65.8 Å². The molecule has 0 aliphatic carbocycles. The monoisotopic (exact) mass is 453 g/mol. The summed E-state index contributed by atoms with van der Waals surface area (Å²) in [6.45, 7) is 3.83. The molecule has 2 unspecified atom stereocenters. The van der Waals surface area contributed by atoms with E-state index in [2.05, 4.69) is 32.1 Å². The minimum Gasteiger partial charge on any atom is -0.508 e. The van der Waals surface area contributed by atoms with Gasteiger partial charge in [-0.25, -0.2) is 13.8 Å². The molecule has 1 aliphatic rings. The van der Waals surface area contributed by atoms with E-state index in [-0.39, 0.29) is 11.8 Å². The molecule has 1 aliphatic heterocycles. The summed E-state index contributed by atoms with van der Waals surface area (Å²) >= 11 is 0. The number of nitrogens with two attached hydrogens (primary N) is 1. The Morgan fingerprint density at radius 1 is 1.30 bits per heavy atom. The quantitative estimate of drug-likeness (QED) is 0.362. The van der Waals surface area contributed by atoms with Gasteiger partial charge < -0.3 is 31.5 Å². The number of pyridine rings is 1. The van der Waals surface area contributed by atoms with Crippen LogP contribution in [0.4, 0.5) is 26.1 Å². The maximum absolute atomic E-state index is 14.0. The molecular formula is C23H25F2N7O. The first-order chi connectivity index (χ1) is 15.8. The minimum atomic E-state index is -1.01. The second-order valence-electron chi connectivity index (χ2n) is 8.24. The first kappa shape index (κ1) is 22.4. The first-order valence-electron chi connectivity index (χ1n) is 10.5. The number of anilines is 3. The Kier molecular flexibility index (Phi) is 6.36. The van der Waals surface area contributed by atoms with Gasteiger partial charge in [-0.15, -0.1) is 0 Å². The minimum absolute atomic E-state index is 0.105. The van der Waals surface area contributed by atoms with Gasteiger partial charge in [0.15, 0.2) is 0 Å². The van der Waals surface area contributed by atoms with Crippen molar-refractivity contribution in [2.45, 2.75) is 19.4 Å². The normalized spacial score (nSPS) is 18.6. The molecule has 10 heteroatoms. The zero-order chi connectivity index (χ0) is 23.5. The average molecular weight is 453 g/mol. The fourth-order valence-electron chi connectivity index (χ4n) is 4.04. The number of halogens is 2. The maximum Gasteiger partial charge on any atom is 0.205 e. The Balaban J connectivity index is 1.49. The molecule has 3 aromatic rings. The highest BCUT2D eigenvalue weighted by atomic mass is 19.1. The third kappa shape index (κ3) is 5.17. The van der Waals surface area contributed by atoms with Gasteiger partial charge in [0, 0.05) is 37.5 Å². The molecule has 2 aromatic heterocycles. The molecule has 1 saturated heterocycles. The predicted molar refractivity (Wildman–Crippen MR) is 124 cm³/mol. The van der Waals surface area contributed by atoms with E-state index in [0.29, 0.717) is 17.6 Å². The van der Waals surface area contributed by atoms with Crippen molar-refractivity contribution in [3.8, 4) is 5.75 Å². The third-order valence-electron chi connectivity index (χ3n) is 5.41. The summed E-state index contributed by atoms with van der Waals surface area (Å²) in [5.74, 6) is -1.62. The number of aromatic amines is 1. The summed E-state index contributed by atoms with van der Waals surface area (Å²) < 4.78 is 27.9. The van der Waals surface area contributed by atoms with Crippen LogP contribution < -0.4 is 16.0 Å². The highest BCUT2D eigenvalue weighted by Crippen LogP contribution is 2.30. The number of H-pyrrole nitrogens is 1. The molecule has 3 heterocycles. The largest absolute Gasteiger partial charge is 0.508 e. The number of allylic oxidation sites excluding steroid dienone is 1. The lowest BCUT2D eigenvalue weighted by atomic mass is 9.96. The van der Waals surface area contributed by atoms with E-state index in [1.807, 2.05) is 6.07 Å². The number of nitrogens with one attached hydrogen (secondary N) is 3. The fraction of sp³-hybridized carbons (Fsp3) is 0.261. The number of aromatic nitrogens is 3. The summed E-state index contributed by atoms with van der Waals surface area (Å²) in [5.41, 5.74) is 7.58. The summed E-state index contributed by atoms with van der Waals surface area (Å²) in [4.78, 5) is 13.8. The van der Waals surface area contributed by atoms with E-state index in [0.717, 1.165) is 43.0 Å². The van der Waals surface area contributed by atoms with Crippen LogP contribution in [0.1, 0.15) is 24.6 Å². The van der Waals surface area contributed by atoms with Crippen LogP contribution in [0, 0.1) is 23.0 Å². The van der Waals surface area contributed by atoms with Gasteiger partial charge in [-0.1, -0.05) is 6.92 Å². The number of hydrogen-bond acceptors (Lipinski definition) is 7. The lowest BCUT2D eigenvalue weighted by Gasteiger charge is -2.37. The molecule has 0 radical (unpaired) electrons. The molecule has 1 fully saturated rings. The van der Waals surface area contributed by atoms with E-state index >= 15 is 0 Å². The highest BCUT2D eigenvalue weighted by molar-refractivity contribution is 6.09. The summed E-state index contributed by atoms with van der Waals surface area (Å²) in [5, 5.41) is 20.4. The zero-order valence-corrected chi connectivity index (χ0v) is 18.0. The molecule has 172 valence electrons. The molecule has 8 nitrogen and oxygen atoms in total. The molecule has 0 bridgehead atoms. The molecule has 4 rings (SSSR count). The standard InChI is InChI=1S/C23H25F2N7O/c1-13-6-14(26)12-32(11-13)21-4-5-28-10-20(21)31-23-29-9-15(30-23)2-3-19(27)22-17(24)7-16(33)8-18(22)25/h2-5,7-10,13-14,27,33H,6,11-12,26H2,1H3,(H2,29,30,31)/b3-2-,27-19?. The van der Waals surface area contributed by atoms with Crippen LogP contribution in [-0.2, 0) is 0 Å². The van der Waals surface area contributed by atoms with Gasteiger partial charge in [-0.2, -0.15) is 0 Å². The van der Waals surface area contributed by atoms with Crippen molar-refractivity contribution in [1.82, 2.24) is 15.0 Å². The van der Waals surface area contributed by atoms with Crippen LogP contribution in [0.15, 0.2) is 42.9 Å². The van der Waals surface area contributed by atoms with Gasteiger partial charge in [0.25, 0.3) is 0 Å². The number of imidazole rings is 1. The molecular weight excluding hydrogens is 428 g/mol. The Morgan fingerprint density at radius 3 is 2.79 bits per heavy atom. The number of nitrogens with zero attached hydrogens (tertiary/aromatic N) is 3. The average Bonchev–Trinajstić information content (AvgIpc) is 3.18. The van der Waals surface area contributed by atoms with Gasteiger partial charge >= 0.3 is 0 Å². The molecule has 0 amide bonds. The second kappa shape index (κ2) is 9.37.